The van der Waals surface area contributed by atoms with Crippen LogP contribution >= 0.6 is 15.9 Å². The van der Waals surface area contributed by atoms with Crippen LogP contribution in [0.15, 0.2) is 12.1 Å². The van der Waals surface area contributed by atoms with Gasteiger partial charge in [-0.3, -0.25) is 10.1 Å². The summed E-state index contributed by atoms with van der Waals surface area (Å²) >= 11 is 3.16. The van der Waals surface area contributed by atoms with Crippen molar-refractivity contribution in [1.82, 2.24) is 0 Å². The molecular formula is C13H16BrNO5. The number of carbonyl (C=O) groups is 1. The van der Waals surface area contributed by atoms with Gasteiger partial charge in [0.15, 0.2) is 0 Å². The molecule has 6 nitrogen and oxygen atoms in total. The third-order valence-corrected chi connectivity index (χ3v) is 3.26. The topological polar surface area (TPSA) is 78.7 Å². The van der Waals surface area contributed by atoms with Crippen LogP contribution in [0.3, 0.4) is 0 Å². The van der Waals surface area contributed by atoms with Gasteiger partial charge in [0, 0.05) is 5.33 Å². The molecule has 0 aromatic heterocycles. The molecule has 0 radical (unpaired) electrons. The lowest BCUT2D eigenvalue weighted by Gasteiger charge is -2.10. The largest absolute Gasteiger partial charge is 0.493 e. The molecule has 0 atom stereocenters. The number of halogens is 1. The van der Waals surface area contributed by atoms with Crippen LogP contribution in [0.4, 0.5) is 5.69 Å². The first kappa shape index (κ1) is 16.4. The van der Waals surface area contributed by atoms with Crippen LogP contribution in [0.5, 0.6) is 5.75 Å². The maximum absolute atomic E-state index is 11.7. The van der Waals surface area contributed by atoms with E-state index in [2.05, 4.69) is 20.7 Å². The summed E-state index contributed by atoms with van der Waals surface area (Å²) in [6, 6.07) is 2.81. The smallest absolute Gasteiger partial charge is 0.338 e. The number of benzene rings is 1. The summed E-state index contributed by atoms with van der Waals surface area (Å²) in [6.07, 6.45) is 1.78. The first-order valence-electron chi connectivity index (χ1n) is 6.13. The molecule has 0 unspecified atom stereocenters. The summed E-state index contributed by atoms with van der Waals surface area (Å²) in [6.45, 7) is 2.46. The number of hydrogen-bond acceptors (Lipinski definition) is 5. The molecule has 7 heteroatoms. The number of nitro benzene ring substituents is 1. The molecule has 20 heavy (non-hydrogen) atoms. The van der Waals surface area contributed by atoms with Gasteiger partial charge in [-0.15, -0.1) is 0 Å². The molecule has 1 rings (SSSR count). The molecule has 0 N–H and O–H groups in total. The summed E-state index contributed by atoms with van der Waals surface area (Å²) in [5, 5.41) is 11.3. The Hall–Kier alpha value is -1.63. The second-order valence-electron chi connectivity index (χ2n) is 4.05. The summed E-state index contributed by atoms with van der Waals surface area (Å²) in [5.74, 6) is -0.321. The molecule has 110 valence electrons. The van der Waals surface area contributed by atoms with Gasteiger partial charge >= 0.3 is 5.97 Å². The van der Waals surface area contributed by atoms with Gasteiger partial charge < -0.3 is 9.47 Å². The summed E-state index contributed by atoms with van der Waals surface area (Å²) in [4.78, 5) is 22.3. The van der Waals surface area contributed by atoms with Crippen molar-refractivity contribution >= 4 is 27.6 Å². The monoisotopic (exact) mass is 345 g/mol. The predicted molar refractivity (Wildman–Crippen MR) is 77.5 cm³/mol. The molecular weight excluding hydrogens is 330 g/mol. The number of ether oxygens (including phenoxy) is 2. The molecule has 0 heterocycles. The minimum Gasteiger partial charge on any atom is -0.493 e. The summed E-state index contributed by atoms with van der Waals surface area (Å²) in [7, 11) is 1.23. The molecule has 0 saturated carbocycles. The van der Waals surface area contributed by atoms with Gasteiger partial charge in [0.25, 0.3) is 5.69 Å². The van der Waals surface area contributed by atoms with Gasteiger partial charge in [-0.2, -0.15) is 0 Å². The van der Waals surface area contributed by atoms with E-state index in [9.17, 15) is 14.9 Å². The van der Waals surface area contributed by atoms with Crippen molar-refractivity contribution in [2.45, 2.75) is 25.1 Å². The van der Waals surface area contributed by atoms with E-state index < -0.39 is 10.9 Å². The standard InChI is InChI=1S/C13H16BrNO5/c1-3-4-5-20-9-6-10(13(16)19-2)11(8-14)12(7-9)15(17)18/h6-7H,3-5,8H2,1-2H3. The number of rotatable bonds is 7. The molecule has 0 spiro atoms. The fourth-order valence-corrected chi connectivity index (χ4v) is 2.23. The van der Waals surface area contributed by atoms with E-state index in [4.69, 9.17) is 4.74 Å². The maximum atomic E-state index is 11.7. The second-order valence-corrected chi connectivity index (χ2v) is 4.61. The van der Waals surface area contributed by atoms with Crippen molar-refractivity contribution in [3.8, 4) is 5.75 Å². The van der Waals surface area contributed by atoms with Crippen LogP contribution < -0.4 is 4.74 Å². The predicted octanol–water partition coefficient (Wildman–Crippen LogP) is 3.46. The molecule has 1 aromatic carbocycles. The van der Waals surface area contributed by atoms with Crippen LogP contribution in [0, 0.1) is 10.1 Å². The summed E-state index contributed by atoms with van der Waals surface area (Å²) in [5.41, 5.74) is 0.269. The number of esters is 1. The minimum atomic E-state index is -0.622. The Morgan fingerprint density at radius 1 is 1.45 bits per heavy atom. The Kier molecular flexibility index (Phi) is 6.44. The zero-order valence-corrected chi connectivity index (χ0v) is 12.9. The minimum absolute atomic E-state index is 0.144. The molecule has 0 aliphatic heterocycles. The molecule has 1 aromatic rings. The third kappa shape index (κ3) is 3.93. The zero-order valence-electron chi connectivity index (χ0n) is 11.3. The van der Waals surface area contributed by atoms with E-state index >= 15 is 0 Å². The van der Waals surface area contributed by atoms with Crippen LogP contribution in [0.1, 0.15) is 35.7 Å². The average Bonchev–Trinajstić information content (AvgIpc) is 2.45. The summed E-state index contributed by atoms with van der Waals surface area (Å²) < 4.78 is 10.1. The Morgan fingerprint density at radius 2 is 2.15 bits per heavy atom. The van der Waals surface area contributed by atoms with E-state index in [0.29, 0.717) is 12.4 Å². The van der Waals surface area contributed by atoms with Gasteiger partial charge in [-0.1, -0.05) is 29.3 Å². The number of methoxy groups -OCH3 is 1. The van der Waals surface area contributed by atoms with Crippen LogP contribution in [0.2, 0.25) is 0 Å². The quantitative estimate of drug-likeness (QED) is 0.248. The van der Waals surface area contributed by atoms with E-state index in [0.717, 1.165) is 12.8 Å². The Balaban J connectivity index is 3.24. The number of alkyl halides is 1. The number of hydrogen-bond donors (Lipinski definition) is 0. The maximum Gasteiger partial charge on any atom is 0.338 e. The van der Waals surface area contributed by atoms with E-state index in [1.165, 1.54) is 19.2 Å². The highest BCUT2D eigenvalue weighted by Gasteiger charge is 2.23. The van der Waals surface area contributed by atoms with Crippen LogP contribution in [-0.4, -0.2) is 24.6 Å². The van der Waals surface area contributed by atoms with Gasteiger partial charge in [0.1, 0.15) is 5.75 Å². The lowest BCUT2D eigenvalue weighted by molar-refractivity contribution is -0.385. The Labute approximate surface area is 125 Å². The number of carbonyl (C=O) groups excluding carboxylic acids is 1. The van der Waals surface area contributed by atoms with E-state index in [1.807, 2.05) is 6.92 Å². The fraction of sp³-hybridized carbons (Fsp3) is 0.462. The molecule has 0 aliphatic rings. The van der Waals surface area contributed by atoms with Gasteiger partial charge in [-0.25, -0.2) is 4.79 Å². The van der Waals surface area contributed by atoms with Crippen molar-refractivity contribution in [2.24, 2.45) is 0 Å². The van der Waals surface area contributed by atoms with Crippen molar-refractivity contribution in [3.05, 3.63) is 33.4 Å². The molecule has 0 saturated heterocycles. The fourth-order valence-electron chi connectivity index (χ4n) is 1.64. The normalized spacial score (nSPS) is 10.2. The highest BCUT2D eigenvalue weighted by molar-refractivity contribution is 9.08. The first-order valence-corrected chi connectivity index (χ1v) is 7.25. The number of nitrogens with zero attached hydrogens (tertiary/aromatic N) is 1. The zero-order chi connectivity index (χ0) is 15.1. The van der Waals surface area contributed by atoms with Gasteiger partial charge in [-0.05, 0) is 12.5 Å². The first-order chi connectivity index (χ1) is 9.54. The molecule has 0 bridgehead atoms. The Bertz CT molecular complexity index is 504. The van der Waals surface area contributed by atoms with E-state index in [-0.39, 0.29) is 22.1 Å². The lowest BCUT2D eigenvalue weighted by Crippen LogP contribution is -2.09. The SMILES string of the molecule is CCCCOc1cc(C(=O)OC)c(CBr)c([N+](=O)[O-])c1. The molecule has 0 fully saturated rings. The van der Waals surface area contributed by atoms with Crippen molar-refractivity contribution < 1.29 is 19.2 Å². The molecule has 0 aliphatic carbocycles. The number of nitro groups is 1. The van der Waals surface area contributed by atoms with Crippen molar-refractivity contribution in [1.29, 1.82) is 0 Å². The number of unbranched alkanes of at least 4 members (excludes halogenated alkanes) is 1. The van der Waals surface area contributed by atoms with Gasteiger partial charge in [0.2, 0.25) is 0 Å². The highest BCUT2D eigenvalue weighted by atomic mass is 79.9. The van der Waals surface area contributed by atoms with Gasteiger partial charge in [0.05, 0.1) is 35.8 Å². The van der Waals surface area contributed by atoms with Crippen LogP contribution in [-0.2, 0) is 10.1 Å². The van der Waals surface area contributed by atoms with Crippen LogP contribution in [0.25, 0.3) is 0 Å². The molecule has 0 amide bonds. The van der Waals surface area contributed by atoms with Crippen molar-refractivity contribution in [2.75, 3.05) is 13.7 Å². The lowest BCUT2D eigenvalue weighted by atomic mass is 10.1. The average molecular weight is 346 g/mol. The highest BCUT2D eigenvalue weighted by Crippen LogP contribution is 2.31. The third-order valence-electron chi connectivity index (χ3n) is 2.70. The second kappa shape index (κ2) is 7.84. The van der Waals surface area contributed by atoms with Crippen molar-refractivity contribution in [3.63, 3.8) is 0 Å². The Morgan fingerprint density at radius 3 is 2.65 bits per heavy atom. The van der Waals surface area contributed by atoms with E-state index in [1.54, 1.807) is 0 Å².